The molecule has 0 bridgehead atoms. The van der Waals surface area contributed by atoms with Crippen molar-refractivity contribution in [2.24, 2.45) is 0 Å². The quantitative estimate of drug-likeness (QED) is 0.676. The average Bonchev–Trinajstić information content (AvgIpc) is 3.07. The van der Waals surface area contributed by atoms with Crippen LogP contribution in [-0.2, 0) is 9.53 Å². The Hall–Kier alpha value is -1.55. The lowest BCUT2D eigenvalue weighted by molar-refractivity contribution is -0.127. The van der Waals surface area contributed by atoms with E-state index in [1.807, 2.05) is 13.0 Å². The summed E-state index contributed by atoms with van der Waals surface area (Å²) in [6.07, 6.45) is 5.72. The minimum absolute atomic E-state index is 0.0721. The normalized spacial score (nSPS) is 16.2. The molecule has 0 aromatic heterocycles. The summed E-state index contributed by atoms with van der Waals surface area (Å²) >= 11 is 0. The smallest absolute Gasteiger partial charge is 0.260 e. The van der Waals surface area contributed by atoms with Gasteiger partial charge in [-0.05, 0) is 56.2 Å². The van der Waals surface area contributed by atoms with E-state index < -0.39 is 6.10 Å². The van der Waals surface area contributed by atoms with Gasteiger partial charge in [0, 0.05) is 13.2 Å². The first-order valence-corrected chi connectivity index (χ1v) is 9.64. The van der Waals surface area contributed by atoms with E-state index in [9.17, 15) is 4.79 Å². The van der Waals surface area contributed by atoms with Gasteiger partial charge in [-0.1, -0.05) is 38.8 Å². The van der Waals surface area contributed by atoms with Crippen molar-refractivity contribution in [2.75, 3.05) is 13.2 Å². The highest BCUT2D eigenvalue weighted by Crippen LogP contribution is 2.28. The zero-order valence-electron chi connectivity index (χ0n) is 16.1. The van der Waals surface area contributed by atoms with Gasteiger partial charge < -0.3 is 14.8 Å². The van der Waals surface area contributed by atoms with E-state index in [2.05, 4.69) is 31.3 Å². The number of carbonyl (C=O) groups excluding carboxylic acids is 1. The molecular weight excluding hydrogens is 314 g/mol. The summed E-state index contributed by atoms with van der Waals surface area (Å²) in [5, 5.41) is 2.95. The fourth-order valence-electron chi connectivity index (χ4n) is 3.20. The standard InChI is InChI=1S/C21H33NO3/c1-15(2)19-11-10-16(3)14-20(19)25-17(4)21(23)22-12-7-13-24-18-8-5-6-9-18/h10-11,14-15,17-18H,5-9,12-13H2,1-4H3,(H,22,23). The van der Waals surface area contributed by atoms with Gasteiger partial charge in [-0.3, -0.25) is 4.79 Å². The predicted octanol–water partition coefficient (Wildman–Crippen LogP) is 4.35. The third-order valence-electron chi connectivity index (χ3n) is 4.74. The van der Waals surface area contributed by atoms with E-state index in [0.29, 0.717) is 18.6 Å². The molecular formula is C21H33NO3. The van der Waals surface area contributed by atoms with E-state index in [-0.39, 0.29) is 5.91 Å². The number of hydrogen-bond donors (Lipinski definition) is 1. The molecule has 1 fully saturated rings. The summed E-state index contributed by atoms with van der Waals surface area (Å²) in [6.45, 7) is 9.45. The van der Waals surface area contributed by atoms with Crippen molar-refractivity contribution in [3.8, 4) is 5.75 Å². The molecule has 1 aromatic carbocycles. The Labute approximate surface area is 152 Å². The van der Waals surface area contributed by atoms with Crippen LogP contribution in [0.25, 0.3) is 0 Å². The molecule has 1 aliphatic rings. The molecule has 2 rings (SSSR count). The molecule has 1 atom stereocenters. The van der Waals surface area contributed by atoms with E-state index >= 15 is 0 Å². The minimum Gasteiger partial charge on any atom is -0.481 e. The highest BCUT2D eigenvalue weighted by molar-refractivity contribution is 5.80. The van der Waals surface area contributed by atoms with Crippen LogP contribution < -0.4 is 10.1 Å². The van der Waals surface area contributed by atoms with Crippen LogP contribution in [0.4, 0.5) is 0 Å². The molecule has 1 amide bonds. The lowest BCUT2D eigenvalue weighted by Crippen LogP contribution is -2.37. The maximum absolute atomic E-state index is 12.3. The first kappa shape index (κ1) is 19.8. The number of rotatable bonds is 9. The number of ether oxygens (including phenoxy) is 2. The van der Waals surface area contributed by atoms with Gasteiger partial charge in [-0.15, -0.1) is 0 Å². The molecule has 0 radical (unpaired) electrons. The average molecular weight is 347 g/mol. The second kappa shape index (κ2) is 9.81. The zero-order valence-corrected chi connectivity index (χ0v) is 16.1. The number of carbonyl (C=O) groups is 1. The van der Waals surface area contributed by atoms with Gasteiger partial charge in [-0.25, -0.2) is 0 Å². The third kappa shape index (κ3) is 6.35. The largest absolute Gasteiger partial charge is 0.481 e. The van der Waals surface area contributed by atoms with Crippen LogP contribution >= 0.6 is 0 Å². The molecule has 1 N–H and O–H groups in total. The number of nitrogens with one attached hydrogen (secondary N) is 1. The number of amides is 1. The van der Waals surface area contributed by atoms with Gasteiger partial charge in [0.05, 0.1) is 6.10 Å². The summed E-state index contributed by atoms with van der Waals surface area (Å²) < 4.78 is 11.8. The molecule has 1 aliphatic carbocycles. The van der Waals surface area contributed by atoms with Gasteiger partial charge in [0.2, 0.25) is 0 Å². The third-order valence-corrected chi connectivity index (χ3v) is 4.74. The fraction of sp³-hybridized carbons (Fsp3) is 0.667. The molecule has 0 aliphatic heterocycles. The molecule has 4 heteroatoms. The van der Waals surface area contributed by atoms with Gasteiger partial charge >= 0.3 is 0 Å². The summed E-state index contributed by atoms with van der Waals surface area (Å²) in [6, 6.07) is 6.17. The lowest BCUT2D eigenvalue weighted by atomic mass is 10.0. The summed E-state index contributed by atoms with van der Waals surface area (Å²) in [4.78, 5) is 12.3. The Morgan fingerprint density at radius 2 is 1.96 bits per heavy atom. The Balaban J connectivity index is 1.73. The summed E-state index contributed by atoms with van der Waals surface area (Å²) in [7, 11) is 0. The molecule has 25 heavy (non-hydrogen) atoms. The summed E-state index contributed by atoms with van der Waals surface area (Å²) in [5.74, 6) is 1.10. The van der Waals surface area contributed by atoms with Crippen molar-refractivity contribution in [3.05, 3.63) is 29.3 Å². The van der Waals surface area contributed by atoms with Crippen LogP contribution in [-0.4, -0.2) is 31.3 Å². The molecule has 4 nitrogen and oxygen atoms in total. The van der Waals surface area contributed by atoms with Crippen molar-refractivity contribution in [2.45, 2.75) is 77.9 Å². The van der Waals surface area contributed by atoms with Crippen LogP contribution in [0.3, 0.4) is 0 Å². The van der Waals surface area contributed by atoms with Crippen LogP contribution in [0.1, 0.15) is 69.9 Å². The fourth-order valence-corrected chi connectivity index (χ4v) is 3.20. The minimum atomic E-state index is -0.505. The zero-order chi connectivity index (χ0) is 18.2. The topological polar surface area (TPSA) is 47.6 Å². The SMILES string of the molecule is Cc1ccc(C(C)C)c(OC(C)C(=O)NCCCOC2CCCC2)c1. The first-order chi connectivity index (χ1) is 12.0. The van der Waals surface area contributed by atoms with Crippen molar-refractivity contribution in [3.63, 3.8) is 0 Å². The van der Waals surface area contributed by atoms with Gasteiger partial charge in [0.1, 0.15) is 5.75 Å². The number of benzene rings is 1. The number of aryl methyl sites for hydroxylation is 1. The molecule has 1 saturated carbocycles. The predicted molar refractivity (Wildman–Crippen MR) is 101 cm³/mol. The number of hydrogen-bond acceptors (Lipinski definition) is 3. The molecule has 140 valence electrons. The molecule has 1 unspecified atom stereocenters. The Kier molecular flexibility index (Phi) is 7.76. The van der Waals surface area contributed by atoms with E-state index in [1.54, 1.807) is 6.92 Å². The maximum atomic E-state index is 12.3. The van der Waals surface area contributed by atoms with E-state index in [0.717, 1.165) is 29.9 Å². The second-order valence-electron chi connectivity index (χ2n) is 7.38. The summed E-state index contributed by atoms with van der Waals surface area (Å²) in [5.41, 5.74) is 2.27. The molecule has 0 spiro atoms. The second-order valence-corrected chi connectivity index (χ2v) is 7.38. The van der Waals surface area contributed by atoms with E-state index in [4.69, 9.17) is 9.47 Å². The van der Waals surface area contributed by atoms with E-state index in [1.165, 1.54) is 25.7 Å². The van der Waals surface area contributed by atoms with Gasteiger partial charge in [0.25, 0.3) is 5.91 Å². The van der Waals surface area contributed by atoms with Crippen molar-refractivity contribution in [1.29, 1.82) is 0 Å². The monoisotopic (exact) mass is 347 g/mol. The van der Waals surface area contributed by atoms with Crippen LogP contribution in [0, 0.1) is 6.92 Å². The van der Waals surface area contributed by atoms with Gasteiger partial charge in [-0.2, -0.15) is 0 Å². The molecule has 0 heterocycles. The Morgan fingerprint density at radius 3 is 2.64 bits per heavy atom. The molecule has 0 saturated heterocycles. The lowest BCUT2D eigenvalue weighted by Gasteiger charge is -2.19. The van der Waals surface area contributed by atoms with Crippen molar-refractivity contribution < 1.29 is 14.3 Å². The van der Waals surface area contributed by atoms with Gasteiger partial charge in [0.15, 0.2) is 6.10 Å². The van der Waals surface area contributed by atoms with Crippen molar-refractivity contribution >= 4 is 5.91 Å². The van der Waals surface area contributed by atoms with Crippen LogP contribution in [0.2, 0.25) is 0 Å². The Bertz CT molecular complexity index is 550. The maximum Gasteiger partial charge on any atom is 0.260 e. The van der Waals surface area contributed by atoms with Crippen molar-refractivity contribution in [1.82, 2.24) is 5.32 Å². The van der Waals surface area contributed by atoms with Crippen LogP contribution in [0.15, 0.2) is 18.2 Å². The molecule has 1 aromatic rings. The van der Waals surface area contributed by atoms with Crippen LogP contribution in [0.5, 0.6) is 5.75 Å². The first-order valence-electron chi connectivity index (χ1n) is 9.64. The highest BCUT2D eigenvalue weighted by atomic mass is 16.5. The highest BCUT2D eigenvalue weighted by Gasteiger charge is 2.18. The Morgan fingerprint density at radius 1 is 1.24 bits per heavy atom.